The number of likely N-dealkylation sites (N-methyl/N-ethyl adjacent to an activating group) is 1. The molecule has 1 aromatic carbocycles. The third-order valence-corrected chi connectivity index (χ3v) is 3.22. The molecule has 0 aliphatic carbocycles. The number of hydrogen-bond donors (Lipinski definition) is 1. The molecule has 1 unspecified atom stereocenters. The van der Waals surface area contributed by atoms with Crippen LogP contribution in [0.1, 0.15) is 26.2 Å². The molecule has 5 nitrogen and oxygen atoms in total. The number of methoxy groups -OCH3 is 1. The van der Waals surface area contributed by atoms with E-state index in [0.29, 0.717) is 17.8 Å². The van der Waals surface area contributed by atoms with Crippen LogP contribution in [0, 0.1) is 0 Å². The van der Waals surface area contributed by atoms with Crippen LogP contribution in [0.2, 0.25) is 0 Å². The fraction of sp³-hybridized carbons (Fsp3) is 0.467. The van der Waals surface area contributed by atoms with Crippen LogP contribution in [-0.4, -0.2) is 29.8 Å². The largest absolute Gasteiger partial charge is 0.496 e. The molecule has 1 heterocycles. The van der Waals surface area contributed by atoms with E-state index in [-0.39, 0.29) is 0 Å². The van der Waals surface area contributed by atoms with Gasteiger partial charge in [-0.3, -0.25) is 0 Å². The van der Waals surface area contributed by atoms with Crippen LogP contribution in [0.4, 0.5) is 0 Å². The number of rotatable bonds is 7. The molecule has 20 heavy (non-hydrogen) atoms. The van der Waals surface area contributed by atoms with Gasteiger partial charge in [-0.25, -0.2) is 0 Å². The second-order valence-electron chi connectivity index (χ2n) is 4.58. The molecular formula is C15H21N3O2. The van der Waals surface area contributed by atoms with Crippen molar-refractivity contribution in [3.8, 4) is 17.1 Å². The molecule has 5 heteroatoms. The van der Waals surface area contributed by atoms with Gasteiger partial charge < -0.3 is 14.6 Å². The maximum atomic E-state index is 5.34. The first-order valence-electron chi connectivity index (χ1n) is 6.97. The van der Waals surface area contributed by atoms with Crippen molar-refractivity contribution in [2.24, 2.45) is 0 Å². The predicted molar refractivity (Wildman–Crippen MR) is 77.7 cm³/mol. The molecule has 0 aliphatic heterocycles. The summed E-state index contributed by atoms with van der Waals surface area (Å²) < 4.78 is 10.7. The molecule has 2 rings (SSSR count). The normalized spacial score (nSPS) is 12.3. The molecule has 1 atom stereocenters. The van der Waals surface area contributed by atoms with Crippen molar-refractivity contribution >= 4 is 0 Å². The lowest BCUT2D eigenvalue weighted by molar-refractivity contribution is 0.355. The summed E-state index contributed by atoms with van der Waals surface area (Å²) in [5.41, 5.74) is 0.849. The van der Waals surface area contributed by atoms with Crippen LogP contribution >= 0.6 is 0 Å². The summed E-state index contributed by atoms with van der Waals surface area (Å²) in [4.78, 5) is 4.46. The number of para-hydroxylation sites is 1. The summed E-state index contributed by atoms with van der Waals surface area (Å²) in [5.74, 6) is 1.97. The highest BCUT2D eigenvalue weighted by molar-refractivity contribution is 5.63. The van der Waals surface area contributed by atoms with E-state index in [0.717, 1.165) is 30.7 Å². The Balaban J connectivity index is 2.16. The summed E-state index contributed by atoms with van der Waals surface area (Å²) in [6.07, 6.45) is 1.77. The monoisotopic (exact) mass is 275 g/mol. The van der Waals surface area contributed by atoms with E-state index >= 15 is 0 Å². The highest BCUT2D eigenvalue weighted by atomic mass is 16.5. The molecule has 1 N–H and O–H groups in total. The third kappa shape index (κ3) is 3.36. The van der Waals surface area contributed by atoms with Gasteiger partial charge in [-0.1, -0.05) is 31.1 Å². The highest BCUT2D eigenvalue weighted by Crippen LogP contribution is 2.27. The maximum Gasteiger partial charge on any atom is 0.228 e. The van der Waals surface area contributed by atoms with Gasteiger partial charge >= 0.3 is 0 Å². The molecule has 0 bridgehead atoms. The van der Waals surface area contributed by atoms with E-state index in [1.165, 1.54) is 0 Å². The van der Waals surface area contributed by atoms with Gasteiger partial charge in [0, 0.05) is 12.5 Å². The Labute approximate surface area is 119 Å². The molecule has 0 spiro atoms. The lowest BCUT2D eigenvalue weighted by Crippen LogP contribution is -2.30. The first kappa shape index (κ1) is 14.5. The number of aromatic nitrogens is 2. The Hall–Kier alpha value is -1.88. The van der Waals surface area contributed by atoms with Crippen molar-refractivity contribution in [3.63, 3.8) is 0 Å². The van der Waals surface area contributed by atoms with Crippen molar-refractivity contribution in [2.45, 2.75) is 32.7 Å². The van der Waals surface area contributed by atoms with Gasteiger partial charge in [-0.15, -0.1) is 0 Å². The smallest absolute Gasteiger partial charge is 0.228 e. The molecule has 0 saturated heterocycles. The van der Waals surface area contributed by atoms with Gasteiger partial charge in [0.2, 0.25) is 11.7 Å². The van der Waals surface area contributed by atoms with Crippen LogP contribution in [0.3, 0.4) is 0 Å². The summed E-state index contributed by atoms with van der Waals surface area (Å²) >= 11 is 0. The van der Waals surface area contributed by atoms with Crippen LogP contribution < -0.4 is 10.1 Å². The van der Waals surface area contributed by atoms with E-state index in [4.69, 9.17) is 9.26 Å². The second-order valence-corrected chi connectivity index (χ2v) is 4.58. The van der Waals surface area contributed by atoms with E-state index in [1.807, 2.05) is 24.3 Å². The molecule has 0 fully saturated rings. The Morgan fingerprint density at radius 2 is 2.10 bits per heavy atom. The standard InChI is InChI=1S/C15H21N3O2/c1-4-11(16-5-2)10-14-17-15(18-20-14)12-8-6-7-9-13(12)19-3/h6-9,11,16H,4-5,10H2,1-3H3. The number of nitrogens with zero attached hydrogens (tertiary/aromatic N) is 2. The van der Waals surface area contributed by atoms with Crippen LogP contribution in [0.25, 0.3) is 11.4 Å². The SMILES string of the molecule is CCNC(CC)Cc1nc(-c2ccccc2OC)no1. The van der Waals surface area contributed by atoms with Gasteiger partial charge in [0.1, 0.15) is 5.75 Å². The molecule has 0 amide bonds. The second kappa shape index (κ2) is 7.05. The van der Waals surface area contributed by atoms with Gasteiger partial charge in [0.15, 0.2) is 0 Å². The number of benzene rings is 1. The van der Waals surface area contributed by atoms with Gasteiger partial charge in [-0.05, 0) is 25.1 Å². The Bertz CT molecular complexity index is 539. The maximum absolute atomic E-state index is 5.34. The fourth-order valence-corrected chi connectivity index (χ4v) is 2.14. The van der Waals surface area contributed by atoms with E-state index in [1.54, 1.807) is 7.11 Å². The minimum absolute atomic E-state index is 0.367. The average Bonchev–Trinajstić information content (AvgIpc) is 2.95. The molecule has 108 valence electrons. The lowest BCUT2D eigenvalue weighted by Gasteiger charge is -2.12. The number of hydrogen-bond acceptors (Lipinski definition) is 5. The zero-order valence-corrected chi connectivity index (χ0v) is 12.2. The molecule has 1 aromatic heterocycles. The number of ether oxygens (including phenoxy) is 1. The Morgan fingerprint density at radius 1 is 1.30 bits per heavy atom. The molecule has 2 aromatic rings. The fourth-order valence-electron chi connectivity index (χ4n) is 2.14. The van der Waals surface area contributed by atoms with Gasteiger partial charge in [-0.2, -0.15) is 4.98 Å². The van der Waals surface area contributed by atoms with Crippen molar-refractivity contribution in [1.82, 2.24) is 15.5 Å². The summed E-state index contributed by atoms with van der Waals surface area (Å²) in [7, 11) is 1.64. The lowest BCUT2D eigenvalue weighted by atomic mass is 10.1. The molecule has 0 saturated carbocycles. The van der Waals surface area contributed by atoms with Crippen molar-refractivity contribution < 1.29 is 9.26 Å². The first-order valence-corrected chi connectivity index (χ1v) is 6.97. The summed E-state index contributed by atoms with van der Waals surface area (Å²) in [6, 6.07) is 8.03. The zero-order valence-electron chi connectivity index (χ0n) is 12.2. The molecule has 0 aliphatic rings. The first-order chi connectivity index (χ1) is 9.78. The van der Waals surface area contributed by atoms with E-state index < -0.39 is 0 Å². The Kier molecular flexibility index (Phi) is 5.12. The van der Waals surface area contributed by atoms with Crippen molar-refractivity contribution in [1.29, 1.82) is 0 Å². The van der Waals surface area contributed by atoms with Crippen molar-refractivity contribution in [3.05, 3.63) is 30.2 Å². The Morgan fingerprint density at radius 3 is 2.80 bits per heavy atom. The van der Waals surface area contributed by atoms with E-state index in [9.17, 15) is 0 Å². The summed E-state index contributed by atoms with van der Waals surface area (Å²) in [5, 5.41) is 7.45. The minimum atomic E-state index is 0.367. The van der Waals surface area contributed by atoms with Gasteiger partial charge in [0.25, 0.3) is 0 Å². The van der Waals surface area contributed by atoms with Gasteiger partial charge in [0.05, 0.1) is 12.7 Å². The quantitative estimate of drug-likeness (QED) is 0.841. The average molecular weight is 275 g/mol. The summed E-state index contributed by atoms with van der Waals surface area (Å²) in [6.45, 7) is 5.17. The van der Waals surface area contributed by atoms with Crippen LogP contribution in [-0.2, 0) is 6.42 Å². The minimum Gasteiger partial charge on any atom is -0.496 e. The molecular weight excluding hydrogens is 254 g/mol. The highest BCUT2D eigenvalue weighted by Gasteiger charge is 2.15. The van der Waals surface area contributed by atoms with Crippen LogP contribution in [0.5, 0.6) is 5.75 Å². The topological polar surface area (TPSA) is 60.2 Å². The predicted octanol–water partition coefficient (Wildman–Crippen LogP) is 2.68. The van der Waals surface area contributed by atoms with Crippen molar-refractivity contribution in [2.75, 3.05) is 13.7 Å². The number of nitrogens with one attached hydrogen (secondary N) is 1. The van der Waals surface area contributed by atoms with Crippen LogP contribution in [0.15, 0.2) is 28.8 Å². The molecule has 0 radical (unpaired) electrons. The zero-order chi connectivity index (χ0) is 14.4. The van der Waals surface area contributed by atoms with E-state index in [2.05, 4.69) is 29.3 Å². The third-order valence-electron chi connectivity index (χ3n) is 3.22.